The van der Waals surface area contributed by atoms with Gasteiger partial charge in [0.2, 0.25) is 0 Å². The maximum atomic E-state index is 9.37. The lowest BCUT2D eigenvalue weighted by atomic mass is 9.97. The minimum Gasteiger partial charge on any atom is -0.410 e. The average molecular weight is 296 g/mol. The second-order valence-corrected chi connectivity index (χ2v) is 5.00. The predicted octanol–water partition coefficient (Wildman–Crippen LogP) is 3.87. The first-order valence-electron chi connectivity index (χ1n) is 7.36. The molecule has 2 aromatic carbocycles. The summed E-state index contributed by atoms with van der Waals surface area (Å²) in [6.07, 6.45) is 1.87. The quantitative estimate of drug-likeness (QED) is 0.500. The van der Waals surface area contributed by atoms with Crippen molar-refractivity contribution < 1.29 is 10.4 Å². The lowest BCUT2D eigenvalue weighted by molar-refractivity contribution is 0.314. The molecule has 0 unspecified atom stereocenters. The SMILES string of the molecule is CCc1ccc(C(=NO)C(=NO)c2ccc(CC)cc2)cc1. The molecule has 4 nitrogen and oxygen atoms in total. The van der Waals surface area contributed by atoms with Crippen molar-refractivity contribution in [1.29, 1.82) is 0 Å². The zero-order valence-electron chi connectivity index (χ0n) is 12.8. The van der Waals surface area contributed by atoms with Crippen LogP contribution in [0.5, 0.6) is 0 Å². The van der Waals surface area contributed by atoms with E-state index in [-0.39, 0.29) is 11.4 Å². The van der Waals surface area contributed by atoms with Crippen molar-refractivity contribution in [2.24, 2.45) is 10.3 Å². The molecule has 0 aromatic heterocycles. The lowest BCUT2D eigenvalue weighted by Crippen LogP contribution is -2.17. The van der Waals surface area contributed by atoms with Gasteiger partial charge in [-0.2, -0.15) is 0 Å². The summed E-state index contributed by atoms with van der Waals surface area (Å²) in [7, 11) is 0. The Morgan fingerprint density at radius 2 is 1.00 bits per heavy atom. The third-order valence-corrected chi connectivity index (χ3v) is 3.70. The number of nitrogens with zero attached hydrogens (tertiary/aromatic N) is 2. The first kappa shape index (κ1) is 15.8. The van der Waals surface area contributed by atoms with Gasteiger partial charge in [-0.05, 0) is 24.0 Å². The van der Waals surface area contributed by atoms with Gasteiger partial charge in [-0.25, -0.2) is 0 Å². The molecule has 2 N–H and O–H groups in total. The van der Waals surface area contributed by atoms with Crippen molar-refractivity contribution in [3.05, 3.63) is 70.8 Å². The van der Waals surface area contributed by atoms with Crippen LogP contribution < -0.4 is 0 Å². The average Bonchev–Trinajstić information content (AvgIpc) is 2.60. The van der Waals surface area contributed by atoms with Crippen LogP contribution in [0, 0.1) is 0 Å². The Balaban J connectivity index is 2.38. The molecular formula is C18H20N2O2. The summed E-state index contributed by atoms with van der Waals surface area (Å²) in [6.45, 7) is 4.15. The first-order chi connectivity index (χ1) is 10.7. The molecule has 0 saturated heterocycles. The lowest BCUT2D eigenvalue weighted by Gasteiger charge is -2.09. The molecule has 0 amide bonds. The summed E-state index contributed by atoms with van der Waals surface area (Å²) in [5.41, 5.74) is 4.27. The third kappa shape index (κ3) is 3.34. The maximum absolute atomic E-state index is 9.37. The number of benzene rings is 2. The van der Waals surface area contributed by atoms with Crippen LogP contribution in [0.4, 0.5) is 0 Å². The Morgan fingerprint density at radius 1 is 0.682 bits per heavy atom. The van der Waals surface area contributed by atoms with Gasteiger partial charge in [0.05, 0.1) is 0 Å². The maximum Gasteiger partial charge on any atom is 0.139 e. The Bertz CT molecular complexity index is 610. The van der Waals surface area contributed by atoms with Crippen LogP contribution in [0.3, 0.4) is 0 Å². The van der Waals surface area contributed by atoms with Gasteiger partial charge in [-0.3, -0.25) is 0 Å². The van der Waals surface area contributed by atoms with Gasteiger partial charge in [0.1, 0.15) is 11.4 Å². The molecular weight excluding hydrogens is 276 g/mol. The fraction of sp³-hybridized carbons (Fsp3) is 0.222. The standard InChI is InChI=1S/C18H20N2O2/c1-3-13-5-9-15(10-6-13)17(19-21)18(20-22)16-11-7-14(4-2)8-12-16/h5-12,21-22H,3-4H2,1-2H3. The van der Waals surface area contributed by atoms with Crippen LogP contribution in [0.1, 0.15) is 36.1 Å². The smallest absolute Gasteiger partial charge is 0.139 e. The number of hydrogen-bond donors (Lipinski definition) is 2. The van der Waals surface area contributed by atoms with Crippen LogP contribution in [0.2, 0.25) is 0 Å². The fourth-order valence-corrected chi connectivity index (χ4v) is 2.28. The molecule has 0 aliphatic rings. The number of rotatable bonds is 5. The normalized spacial score (nSPS) is 12.5. The first-order valence-corrected chi connectivity index (χ1v) is 7.36. The van der Waals surface area contributed by atoms with E-state index in [0.29, 0.717) is 11.1 Å². The minimum absolute atomic E-state index is 0.245. The molecule has 0 atom stereocenters. The Morgan fingerprint density at radius 3 is 1.23 bits per heavy atom. The Labute approximate surface area is 130 Å². The van der Waals surface area contributed by atoms with Gasteiger partial charge in [0.15, 0.2) is 0 Å². The summed E-state index contributed by atoms with van der Waals surface area (Å²) in [4.78, 5) is 0. The Kier molecular flexibility index (Phi) is 5.31. The summed E-state index contributed by atoms with van der Waals surface area (Å²) < 4.78 is 0. The molecule has 114 valence electrons. The highest BCUT2D eigenvalue weighted by atomic mass is 16.4. The van der Waals surface area contributed by atoms with E-state index in [4.69, 9.17) is 0 Å². The largest absolute Gasteiger partial charge is 0.410 e. The van der Waals surface area contributed by atoms with E-state index >= 15 is 0 Å². The van der Waals surface area contributed by atoms with Crippen molar-refractivity contribution in [2.75, 3.05) is 0 Å². The van der Waals surface area contributed by atoms with Gasteiger partial charge < -0.3 is 10.4 Å². The summed E-state index contributed by atoms with van der Waals surface area (Å²) in [5, 5.41) is 25.4. The molecule has 0 bridgehead atoms. The van der Waals surface area contributed by atoms with Gasteiger partial charge in [0.25, 0.3) is 0 Å². The highest BCUT2D eigenvalue weighted by molar-refractivity contribution is 6.53. The van der Waals surface area contributed by atoms with E-state index < -0.39 is 0 Å². The van der Waals surface area contributed by atoms with Crippen molar-refractivity contribution in [1.82, 2.24) is 0 Å². The highest BCUT2D eigenvalue weighted by Crippen LogP contribution is 2.13. The molecule has 0 fully saturated rings. The monoisotopic (exact) mass is 296 g/mol. The van der Waals surface area contributed by atoms with Crippen LogP contribution in [-0.2, 0) is 12.8 Å². The van der Waals surface area contributed by atoms with Crippen LogP contribution in [0.25, 0.3) is 0 Å². The van der Waals surface area contributed by atoms with Gasteiger partial charge in [-0.1, -0.05) is 72.7 Å². The predicted molar refractivity (Wildman–Crippen MR) is 88.3 cm³/mol. The van der Waals surface area contributed by atoms with E-state index in [2.05, 4.69) is 24.2 Å². The molecule has 0 heterocycles. The van der Waals surface area contributed by atoms with E-state index in [9.17, 15) is 10.4 Å². The number of oxime groups is 2. The molecule has 0 aliphatic heterocycles. The molecule has 0 aliphatic carbocycles. The van der Waals surface area contributed by atoms with E-state index in [1.807, 2.05) is 48.5 Å². The summed E-state index contributed by atoms with van der Waals surface area (Å²) >= 11 is 0. The number of hydrogen-bond acceptors (Lipinski definition) is 4. The topological polar surface area (TPSA) is 65.2 Å². The van der Waals surface area contributed by atoms with Gasteiger partial charge in [-0.15, -0.1) is 0 Å². The fourth-order valence-electron chi connectivity index (χ4n) is 2.28. The third-order valence-electron chi connectivity index (χ3n) is 3.70. The van der Waals surface area contributed by atoms with Crippen LogP contribution in [0.15, 0.2) is 58.8 Å². The highest BCUT2D eigenvalue weighted by Gasteiger charge is 2.16. The molecule has 0 radical (unpaired) electrons. The second kappa shape index (κ2) is 7.41. The second-order valence-electron chi connectivity index (χ2n) is 5.00. The molecule has 0 spiro atoms. The van der Waals surface area contributed by atoms with E-state index in [1.54, 1.807) is 0 Å². The van der Waals surface area contributed by atoms with Gasteiger partial charge >= 0.3 is 0 Å². The van der Waals surface area contributed by atoms with E-state index in [1.165, 1.54) is 11.1 Å². The minimum atomic E-state index is 0.245. The van der Waals surface area contributed by atoms with Crippen molar-refractivity contribution in [3.8, 4) is 0 Å². The molecule has 2 rings (SSSR count). The van der Waals surface area contributed by atoms with Crippen LogP contribution >= 0.6 is 0 Å². The zero-order valence-corrected chi connectivity index (χ0v) is 12.8. The Hall–Kier alpha value is -2.62. The number of aryl methyl sites for hydroxylation is 2. The van der Waals surface area contributed by atoms with E-state index in [0.717, 1.165) is 12.8 Å². The molecule has 2 aromatic rings. The summed E-state index contributed by atoms with van der Waals surface area (Å²) in [6, 6.07) is 15.3. The van der Waals surface area contributed by atoms with Crippen molar-refractivity contribution >= 4 is 11.4 Å². The molecule has 22 heavy (non-hydrogen) atoms. The van der Waals surface area contributed by atoms with Crippen molar-refractivity contribution in [2.45, 2.75) is 26.7 Å². The van der Waals surface area contributed by atoms with Crippen molar-refractivity contribution in [3.63, 3.8) is 0 Å². The summed E-state index contributed by atoms with van der Waals surface area (Å²) in [5.74, 6) is 0. The zero-order chi connectivity index (χ0) is 15.9. The van der Waals surface area contributed by atoms with Gasteiger partial charge in [0, 0.05) is 11.1 Å². The molecule has 4 heteroatoms. The molecule has 0 saturated carbocycles. The van der Waals surface area contributed by atoms with Crippen LogP contribution in [-0.4, -0.2) is 21.8 Å².